The minimum absolute atomic E-state index is 0.206. The topological polar surface area (TPSA) is 75.7 Å². The van der Waals surface area contributed by atoms with Gasteiger partial charge in [0.1, 0.15) is 0 Å². The average Bonchev–Trinajstić information content (AvgIpc) is 2.69. The zero-order valence-corrected chi connectivity index (χ0v) is 17.7. The van der Waals surface area contributed by atoms with Crippen LogP contribution in [0.3, 0.4) is 0 Å². The summed E-state index contributed by atoms with van der Waals surface area (Å²) in [6.07, 6.45) is 0. The van der Waals surface area contributed by atoms with E-state index in [0.717, 1.165) is 4.90 Å². The molecule has 28 heavy (non-hydrogen) atoms. The molecular formula is C19H21ClN2O4S2. The Hall–Kier alpha value is -1.58. The van der Waals surface area contributed by atoms with Gasteiger partial charge in [0, 0.05) is 28.7 Å². The molecule has 1 aliphatic heterocycles. The van der Waals surface area contributed by atoms with Gasteiger partial charge in [0.05, 0.1) is 23.9 Å². The van der Waals surface area contributed by atoms with Crippen LogP contribution in [0.2, 0.25) is 5.02 Å². The molecule has 0 atom stereocenters. The number of sulfonamides is 1. The van der Waals surface area contributed by atoms with E-state index >= 15 is 0 Å². The van der Waals surface area contributed by atoms with E-state index < -0.39 is 10.0 Å². The molecule has 1 aliphatic rings. The van der Waals surface area contributed by atoms with E-state index in [4.69, 9.17) is 16.3 Å². The van der Waals surface area contributed by atoms with Gasteiger partial charge in [-0.2, -0.15) is 4.31 Å². The van der Waals surface area contributed by atoms with Crippen molar-refractivity contribution in [1.29, 1.82) is 0 Å². The van der Waals surface area contributed by atoms with Crippen molar-refractivity contribution in [3.05, 3.63) is 53.1 Å². The average molecular weight is 441 g/mol. The number of ether oxygens (including phenoxy) is 1. The summed E-state index contributed by atoms with van der Waals surface area (Å²) >= 11 is 7.24. The van der Waals surface area contributed by atoms with Crippen molar-refractivity contribution in [2.75, 3.05) is 37.4 Å². The third kappa shape index (κ3) is 5.27. The zero-order valence-electron chi connectivity index (χ0n) is 15.4. The summed E-state index contributed by atoms with van der Waals surface area (Å²) in [5.41, 5.74) is 1.10. The summed E-state index contributed by atoms with van der Waals surface area (Å²) in [4.78, 5) is 13.4. The molecule has 150 valence electrons. The van der Waals surface area contributed by atoms with Gasteiger partial charge in [-0.15, -0.1) is 11.8 Å². The van der Waals surface area contributed by atoms with Crippen LogP contribution in [0.5, 0.6) is 0 Å². The van der Waals surface area contributed by atoms with Crippen molar-refractivity contribution < 1.29 is 17.9 Å². The molecule has 0 bridgehead atoms. The molecule has 0 aliphatic carbocycles. The number of nitrogens with one attached hydrogen (secondary N) is 1. The maximum absolute atomic E-state index is 12.9. The third-order valence-electron chi connectivity index (χ3n) is 4.24. The van der Waals surface area contributed by atoms with Crippen LogP contribution in [-0.4, -0.2) is 50.7 Å². The number of halogens is 1. The molecule has 6 nitrogen and oxygen atoms in total. The number of carbonyl (C=O) groups excluding carboxylic acids is 1. The summed E-state index contributed by atoms with van der Waals surface area (Å²) in [7, 11) is -3.63. The molecule has 0 radical (unpaired) electrons. The third-order valence-corrected chi connectivity index (χ3v) is 7.55. The quantitative estimate of drug-likeness (QED) is 0.697. The van der Waals surface area contributed by atoms with Crippen molar-refractivity contribution in [2.24, 2.45) is 0 Å². The number of benzene rings is 2. The number of hydrogen-bond donors (Lipinski definition) is 1. The first-order valence-electron chi connectivity index (χ1n) is 8.73. The smallest absolute Gasteiger partial charge is 0.243 e. The standard InChI is InChI=1S/C19H21ClN2O4S2/c1-14-2-5-16(12-18(14)28(24,25)22-8-10-26-11-9-22)21-19(23)13-27-17-6-3-15(20)4-7-17/h2-7,12H,8-11,13H2,1H3,(H,21,23). The Kier molecular flexibility index (Phi) is 7.00. The molecule has 1 saturated heterocycles. The summed E-state index contributed by atoms with van der Waals surface area (Å²) in [5, 5.41) is 3.41. The van der Waals surface area contributed by atoms with Crippen LogP contribution in [-0.2, 0) is 19.6 Å². The minimum Gasteiger partial charge on any atom is -0.379 e. The second-order valence-corrected chi connectivity index (χ2v) is 9.68. The number of morpholine rings is 1. The van der Waals surface area contributed by atoms with Gasteiger partial charge in [0.2, 0.25) is 15.9 Å². The number of amides is 1. The molecule has 0 unspecified atom stereocenters. The fourth-order valence-electron chi connectivity index (χ4n) is 2.76. The lowest BCUT2D eigenvalue weighted by molar-refractivity contribution is -0.113. The summed E-state index contributed by atoms with van der Waals surface area (Å²) in [6, 6.07) is 12.2. The van der Waals surface area contributed by atoms with Gasteiger partial charge in [-0.25, -0.2) is 8.42 Å². The number of rotatable bonds is 6. The Bertz CT molecular complexity index is 943. The first-order valence-corrected chi connectivity index (χ1v) is 11.5. The minimum atomic E-state index is -3.63. The maximum Gasteiger partial charge on any atom is 0.243 e. The normalized spacial score (nSPS) is 15.4. The lowest BCUT2D eigenvalue weighted by Crippen LogP contribution is -2.40. The Labute approximate surface area is 174 Å². The van der Waals surface area contributed by atoms with Crippen molar-refractivity contribution in [3.63, 3.8) is 0 Å². The lowest BCUT2D eigenvalue weighted by atomic mass is 10.2. The molecule has 0 saturated carbocycles. The SMILES string of the molecule is Cc1ccc(NC(=O)CSc2ccc(Cl)cc2)cc1S(=O)(=O)N1CCOCC1. The highest BCUT2D eigenvalue weighted by molar-refractivity contribution is 8.00. The highest BCUT2D eigenvalue weighted by Crippen LogP contribution is 2.25. The van der Waals surface area contributed by atoms with Gasteiger partial charge < -0.3 is 10.1 Å². The number of carbonyl (C=O) groups is 1. The highest BCUT2D eigenvalue weighted by Gasteiger charge is 2.28. The molecule has 1 heterocycles. The van der Waals surface area contributed by atoms with E-state index in [0.29, 0.717) is 42.6 Å². The Morgan fingerprint density at radius 3 is 2.54 bits per heavy atom. The lowest BCUT2D eigenvalue weighted by Gasteiger charge is -2.26. The summed E-state index contributed by atoms with van der Waals surface area (Å²) < 4.78 is 32.5. The molecule has 0 spiro atoms. The molecule has 0 aromatic heterocycles. The fraction of sp³-hybridized carbons (Fsp3) is 0.316. The van der Waals surface area contributed by atoms with Gasteiger partial charge in [0.15, 0.2) is 0 Å². The number of nitrogens with zero attached hydrogens (tertiary/aromatic N) is 1. The van der Waals surface area contributed by atoms with E-state index in [1.165, 1.54) is 22.1 Å². The fourth-order valence-corrected chi connectivity index (χ4v) is 5.24. The Balaban J connectivity index is 1.68. The maximum atomic E-state index is 12.9. The first-order chi connectivity index (χ1) is 13.4. The second kappa shape index (κ2) is 9.28. The van der Waals surface area contributed by atoms with E-state index in [-0.39, 0.29) is 16.6 Å². The van der Waals surface area contributed by atoms with E-state index in [9.17, 15) is 13.2 Å². The van der Waals surface area contributed by atoms with Gasteiger partial charge in [-0.3, -0.25) is 4.79 Å². The number of anilines is 1. The first kappa shape index (κ1) is 21.1. The second-order valence-electron chi connectivity index (χ2n) is 6.29. The number of aryl methyl sites for hydroxylation is 1. The molecular weight excluding hydrogens is 420 g/mol. The molecule has 1 N–H and O–H groups in total. The zero-order chi connectivity index (χ0) is 20.1. The van der Waals surface area contributed by atoms with Crippen LogP contribution in [0, 0.1) is 6.92 Å². The van der Waals surface area contributed by atoms with Crippen LogP contribution in [0.15, 0.2) is 52.3 Å². The van der Waals surface area contributed by atoms with Crippen molar-refractivity contribution >= 4 is 45.0 Å². The van der Waals surface area contributed by atoms with Gasteiger partial charge in [-0.05, 0) is 48.9 Å². The Morgan fingerprint density at radius 2 is 1.86 bits per heavy atom. The predicted molar refractivity (Wildman–Crippen MR) is 112 cm³/mol. The highest BCUT2D eigenvalue weighted by atomic mass is 35.5. The molecule has 2 aromatic carbocycles. The Morgan fingerprint density at radius 1 is 1.18 bits per heavy atom. The van der Waals surface area contributed by atoms with Gasteiger partial charge >= 0.3 is 0 Å². The molecule has 3 rings (SSSR count). The van der Waals surface area contributed by atoms with E-state index in [1.807, 2.05) is 12.1 Å². The number of thioether (sulfide) groups is 1. The summed E-state index contributed by atoms with van der Waals surface area (Å²) in [6.45, 7) is 3.18. The van der Waals surface area contributed by atoms with E-state index in [2.05, 4.69) is 5.32 Å². The van der Waals surface area contributed by atoms with Crippen LogP contribution < -0.4 is 5.32 Å². The van der Waals surface area contributed by atoms with Crippen LogP contribution in [0.4, 0.5) is 5.69 Å². The van der Waals surface area contributed by atoms with Crippen LogP contribution >= 0.6 is 23.4 Å². The van der Waals surface area contributed by atoms with Crippen LogP contribution in [0.25, 0.3) is 0 Å². The van der Waals surface area contributed by atoms with Crippen molar-refractivity contribution in [2.45, 2.75) is 16.7 Å². The molecule has 9 heteroatoms. The predicted octanol–water partition coefficient (Wildman–Crippen LogP) is 3.40. The molecule has 2 aromatic rings. The van der Waals surface area contributed by atoms with Gasteiger partial charge in [0.25, 0.3) is 0 Å². The summed E-state index contributed by atoms with van der Waals surface area (Å²) in [5.74, 6) is -0.000320. The largest absolute Gasteiger partial charge is 0.379 e. The van der Waals surface area contributed by atoms with E-state index in [1.54, 1.807) is 31.2 Å². The van der Waals surface area contributed by atoms with Crippen molar-refractivity contribution in [3.8, 4) is 0 Å². The van der Waals surface area contributed by atoms with Crippen molar-refractivity contribution in [1.82, 2.24) is 4.31 Å². The molecule has 1 fully saturated rings. The molecule has 1 amide bonds. The number of hydrogen-bond acceptors (Lipinski definition) is 5. The monoisotopic (exact) mass is 440 g/mol. The van der Waals surface area contributed by atoms with Crippen LogP contribution in [0.1, 0.15) is 5.56 Å². The van der Waals surface area contributed by atoms with Gasteiger partial charge in [-0.1, -0.05) is 17.7 Å².